The predicted octanol–water partition coefficient (Wildman–Crippen LogP) is 0.612. The van der Waals surface area contributed by atoms with Crippen molar-refractivity contribution in [2.45, 2.75) is 18.9 Å². The number of amides is 1. The molecular weight excluding hydrogens is 274 g/mol. The Morgan fingerprint density at radius 1 is 1.33 bits per heavy atom. The molecule has 7 nitrogen and oxygen atoms in total. The number of aliphatic carboxylic acids is 1. The van der Waals surface area contributed by atoms with E-state index < -0.39 is 23.5 Å². The van der Waals surface area contributed by atoms with Crippen LogP contribution < -0.4 is 5.56 Å². The second-order valence-electron chi connectivity index (χ2n) is 4.93. The number of carbonyl (C=O) groups excluding carboxylic acids is 1. The number of carboxylic acid groups (broad SMARTS) is 1. The quantitative estimate of drug-likeness (QED) is 0.842. The van der Waals surface area contributed by atoms with Gasteiger partial charge < -0.3 is 15.0 Å². The molecule has 1 aromatic carbocycles. The number of H-pyrrole nitrogens is 1. The number of fused-ring (bicyclic) bond motifs is 1. The van der Waals surface area contributed by atoms with Crippen LogP contribution in [0, 0.1) is 0 Å². The molecule has 1 amide bonds. The zero-order valence-electron chi connectivity index (χ0n) is 11.1. The number of benzene rings is 1. The van der Waals surface area contributed by atoms with Crippen molar-refractivity contribution in [2.24, 2.45) is 0 Å². The smallest absolute Gasteiger partial charge is 0.326 e. The first kappa shape index (κ1) is 13.3. The van der Waals surface area contributed by atoms with Crippen molar-refractivity contribution in [2.75, 3.05) is 6.54 Å². The molecule has 2 heterocycles. The Kier molecular flexibility index (Phi) is 3.17. The van der Waals surface area contributed by atoms with Gasteiger partial charge >= 0.3 is 5.97 Å². The van der Waals surface area contributed by atoms with Gasteiger partial charge in [-0.2, -0.15) is 0 Å². The van der Waals surface area contributed by atoms with Crippen LogP contribution in [0.5, 0.6) is 0 Å². The van der Waals surface area contributed by atoms with E-state index >= 15 is 0 Å². The normalized spacial score (nSPS) is 18.1. The molecule has 3 rings (SSSR count). The summed E-state index contributed by atoms with van der Waals surface area (Å²) < 4.78 is 0. The Morgan fingerprint density at radius 3 is 2.86 bits per heavy atom. The highest BCUT2D eigenvalue weighted by Gasteiger charge is 2.36. The number of hydrogen-bond donors (Lipinski definition) is 2. The van der Waals surface area contributed by atoms with E-state index in [2.05, 4.69) is 9.97 Å². The monoisotopic (exact) mass is 287 g/mol. The standard InChI is InChI=1S/C14H13N3O4/c18-12-11(15-8-4-1-2-5-9(8)16-12)13(19)17-7-3-6-10(17)14(20)21/h1-2,4-5,10H,3,6-7H2,(H,16,18)(H,20,21). The molecule has 1 unspecified atom stereocenters. The third kappa shape index (κ3) is 2.26. The zero-order chi connectivity index (χ0) is 15.0. The van der Waals surface area contributed by atoms with E-state index in [4.69, 9.17) is 5.11 Å². The van der Waals surface area contributed by atoms with E-state index in [0.717, 1.165) is 0 Å². The molecule has 1 aliphatic heterocycles. The maximum atomic E-state index is 12.4. The lowest BCUT2D eigenvalue weighted by atomic mass is 10.2. The number of likely N-dealkylation sites (tertiary alicyclic amines) is 1. The van der Waals surface area contributed by atoms with Crippen LogP contribution >= 0.6 is 0 Å². The number of aromatic nitrogens is 2. The summed E-state index contributed by atoms with van der Waals surface area (Å²) in [6.45, 7) is 0.323. The summed E-state index contributed by atoms with van der Waals surface area (Å²) in [5.41, 5.74) is 0.165. The molecule has 1 saturated heterocycles. The molecule has 1 aromatic heterocycles. The molecule has 0 aliphatic carbocycles. The van der Waals surface area contributed by atoms with Gasteiger partial charge in [-0.15, -0.1) is 0 Å². The number of carbonyl (C=O) groups is 2. The lowest BCUT2D eigenvalue weighted by Gasteiger charge is -2.20. The van der Waals surface area contributed by atoms with Crippen LogP contribution in [0.25, 0.3) is 11.0 Å². The number of carboxylic acids is 1. The van der Waals surface area contributed by atoms with Crippen LogP contribution in [0.15, 0.2) is 29.1 Å². The number of para-hydroxylation sites is 2. The van der Waals surface area contributed by atoms with Crippen molar-refractivity contribution in [3.05, 3.63) is 40.3 Å². The minimum absolute atomic E-state index is 0.262. The van der Waals surface area contributed by atoms with Gasteiger partial charge in [-0.25, -0.2) is 9.78 Å². The second-order valence-corrected chi connectivity index (χ2v) is 4.93. The van der Waals surface area contributed by atoms with Crippen LogP contribution in [-0.2, 0) is 4.79 Å². The molecule has 2 N–H and O–H groups in total. The van der Waals surface area contributed by atoms with Gasteiger partial charge in [-0.05, 0) is 25.0 Å². The molecule has 2 aromatic rings. The molecule has 21 heavy (non-hydrogen) atoms. The summed E-state index contributed by atoms with van der Waals surface area (Å²) in [7, 11) is 0. The first-order valence-corrected chi connectivity index (χ1v) is 6.61. The van der Waals surface area contributed by atoms with Crippen LogP contribution in [0.2, 0.25) is 0 Å². The largest absolute Gasteiger partial charge is 0.480 e. The van der Waals surface area contributed by atoms with Crippen molar-refractivity contribution < 1.29 is 14.7 Å². The Hall–Kier alpha value is -2.70. The number of hydrogen-bond acceptors (Lipinski definition) is 4. The first-order valence-electron chi connectivity index (χ1n) is 6.61. The summed E-state index contributed by atoms with van der Waals surface area (Å²) in [6.07, 6.45) is 1.00. The SMILES string of the molecule is O=C(O)C1CCCN1C(=O)c1nc2ccccc2[nH]c1=O. The molecule has 7 heteroatoms. The van der Waals surface area contributed by atoms with Crippen LogP contribution in [0.4, 0.5) is 0 Å². The third-order valence-electron chi connectivity index (χ3n) is 3.60. The van der Waals surface area contributed by atoms with E-state index in [9.17, 15) is 14.4 Å². The highest BCUT2D eigenvalue weighted by Crippen LogP contribution is 2.19. The van der Waals surface area contributed by atoms with E-state index in [1.165, 1.54) is 4.90 Å². The van der Waals surface area contributed by atoms with Gasteiger partial charge in [0.2, 0.25) is 0 Å². The summed E-state index contributed by atoms with van der Waals surface area (Å²) in [5.74, 6) is -1.69. The third-order valence-corrected chi connectivity index (χ3v) is 3.60. The van der Waals surface area contributed by atoms with Crippen molar-refractivity contribution in [3.63, 3.8) is 0 Å². The molecule has 0 bridgehead atoms. The van der Waals surface area contributed by atoms with Crippen molar-refractivity contribution >= 4 is 22.9 Å². The lowest BCUT2D eigenvalue weighted by molar-refractivity contribution is -0.141. The summed E-state index contributed by atoms with van der Waals surface area (Å²) in [4.78, 5) is 43.4. The highest BCUT2D eigenvalue weighted by atomic mass is 16.4. The van der Waals surface area contributed by atoms with E-state index in [1.807, 2.05) is 0 Å². The van der Waals surface area contributed by atoms with Crippen LogP contribution in [0.3, 0.4) is 0 Å². The molecule has 0 saturated carbocycles. The molecule has 1 fully saturated rings. The fraction of sp³-hybridized carbons (Fsp3) is 0.286. The van der Waals surface area contributed by atoms with Crippen molar-refractivity contribution in [1.29, 1.82) is 0 Å². The van der Waals surface area contributed by atoms with Gasteiger partial charge in [-0.1, -0.05) is 12.1 Å². The predicted molar refractivity (Wildman–Crippen MR) is 74.1 cm³/mol. The molecule has 0 radical (unpaired) electrons. The molecule has 1 aliphatic rings. The minimum Gasteiger partial charge on any atom is -0.480 e. The van der Waals surface area contributed by atoms with Crippen molar-refractivity contribution in [3.8, 4) is 0 Å². The lowest BCUT2D eigenvalue weighted by Crippen LogP contribution is -2.42. The Bertz CT molecular complexity index is 783. The Labute approximate surface area is 119 Å². The minimum atomic E-state index is -1.06. The maximum Gasteiger partial charge on any atom is 0.326 e. The van der Waals surface area contributed by atoms with Gasteiger partial charge in [0.25, 0.3) is 11.5 Å². The highest BCUT2D eigenvalue weighted by molar-refractivity contribution is 5.96. The molecule has 108 valence electrons. The van der Waals surface area contributed by atoms with Crippen molar-refractivity contribution in [1.82, 2.24) is 14.9 Å². The van der Waals surface area contributed by atoms with Crippen LogP contribution in [-0.4, -0.2) is 44.4 Å². The van der Waals surface area contributed by atoms with Gasteiger partial charge in [0.05, 0.1) is 11.0 Å². The maximum absolute atomic E-state index is 12.4. The van der Waals surface area contributed by atoms with E-state index in [1.54, 1.807) is 24.3 Å². The second kappa shape index (κ2) is 5.01. The fourth-order valence-electron chi connectivity index (χ4n) is 2.58. The fourth-order valence-corrected chi connectivity index (χ4v) is 2.58. The number of rotatable bonds is 2. The summed E-state index contributed by atoms with van der Waals surface area (Å²) in [6, 6.07) is 5.99. The topological polar surface area (TPSA) is 103 Å². The average Bonchev–Trinajstić information content (AvgIpc) is 2.95. The molecule has 0 spiro atoms. The molecule has 1 atom stereocenters. The number of nitrogens with zero attached hydrogens (tertiary/aromatic N) is 2. The number of nitrogens with one attached hydrogen (secondary N) is 1. The number of aromatic amines is 1. The van der Waals surface area contributed by atoms with E-state index in [-0.39, 0.29) is 5.69 Å². The zero-order valence-corrected chi connectivity index (χ0v) is 11.1. The van der Waals surface area contributed by atoms with Gasteiger partial charge in [-0.3, -0.25) is 9.59 Å². The summed E-state index contributed by atoms with van der Waals surface area (Å²) >= 11 is 0. The molecular formula is C14H13N3O4. The van der Waals surface area contributed by atoms with Gasteiger partial charge in [0, 0.05) is 6.54 Å². The summed E-state index contributed by atoms with van der Waals surface area (Å²) in [5, 5.41) is 9.12. The van der Waals surface area contributed by atoms with Gasteiger partial charge in [0.15, 0.2) is 5.69 Å². The average molecular weight is 287 g/mol. The van der Waals surface area contributed by atoms with E-state index in [0.29, 0.717) is 30.4 Å². The van der Waals surface area contributed by atoms with Crippen LogP contribution in [0.1, 0.15) is 23.3 Å². The Balaban J connectivity index is 2.03. The van der Waals surface area contributed by atoms with Gasteiger partial charge in [0.1, 0.15) is 6.04 Å². The Morgan fingerprint density at radius 2 is 2.10 bits per heavy atom. The first-order chi connectivity index (χ1) is 10.1.